The summed E-state index contributed by atoms with van der Waals surface area (Å²) in [7, 11) is 1.64. The highest BCUT2D eigenvalue weighted by atomic mass is 16.5. The average Bonchev–Trinajstić information content (AvgIpc) is 2.72. The number of benzene rings is 1. The van der Waals surface area contributed by atoms with Crippen molar-refractivity contribution >= 4 is 12.3 Å². The molecule has 0 bridgehead atoms. The van der Waals surface area contributed by atoms with Crippen molar-refractivity contribution in [2.75, 3.05) is 7.11 Å². The Kier molecular flexibility index (Phi) is 3.19. The Morgan fingerprint density at radius 1 is 1.44 bits per heavy atom. The predicted molar refractivity (Wildman–Crippen MR) is 59.7 cm³/mol. The highest BCUT2D eigenvalue weighted by molar-refractivity contribution is 5.91. The van der Waals surface area contributed by atoms with Crippen LogP contribution in [0.2, 0.25) is 0 Å². The van der Waals surface area contributed by atoms with Crippen LogP contribution >= 0.6 is 0 Å². The first kappa shape index (κ1) is 10.7. The molecule has 0 spiro atoms. The fourth-order valence-corrected chi connectivity index (χ4v) is 1.68. The number of amides is 1. The van der Waals surface area contributed by atoms with Crippen molar-refractivity contribution in [2.24, 2.45) is 4.99 Å². The van der Waals surface area contributed by atoms with Crippen molar-refractivity contribution in [3.8, 4) is 5.75 Å². The van der Waals surface area contributed by atoms with Crippen molar-refractivity contribution in [3.05, 3.63) is 29.8 Å². The van der Waals surface area contributed by atoms with E-state index in [1.54, 1.807) is 7.11 Å². The molecule has 0 radical (unpaired) electrons. The number of rotatable bonds is 4. The maximum atomic E-state index is 11.2. The third kappa shape index (κ3) is 2.21. The highest BCUT2D eigenvalue weighted by Gasteiger charge is 2.22. The molecule has 1 atom stereocenters. The lowest BCUT2D eigenvalue weighted by atomic mass is 10.1. The summed E-state index contributed by atoms with van der Waals surface area (Å²) in [4.78, 5) is 14.8. The molecule has 84 valence electrons. The summed E-state index contributed by atoms with van der Waals surface area (Å²) in [6, 6.07) is 7.76. The van der Waals surface area contributed by atoms with Gasteiger partial charge in [-0.3, -0.25) is 4.79 Å². The van der Waals surface area contributed by atoms with Gasteiger partial charge in [-0.15, -0.1) is 0 Å². The number of hydrogen-bond donors (Lipinski definition) is 0. The molecule has 0 fully saturated rings. The van der Waals surface area contributed by atoms with E-state index in [1.807, 2.05) is 24.3 Å². The largest absolute Gasteiger partial charge is 0.496 e. The van der Waals surface area contributed by atoms with E-state index < -0.39 is 6.10 Å². The monoisotopic (exact) mass is 219 g/mol. The standard InChI is InChI=1S/C12H13NO3/c1-15-10-5-3-2-4-9(10)6-7-11-12(14)13-8-16-11/h2-5,8,11H,6-7H2,1H3. The van der Waals surface area contributed by atoms with E-state index in [4.69, 9.17) is 9.47 Å². The maximum Gasteiger partial charge on any atom is 0.289 e. The molecule has 1 unspecified atom stereocenters. The molecule has 0 aliphatic carbocycles. The molecule has 1 heterocycles. The van der Waals surface area contributed by atoms with E-state index in [0.717, 1.165) is 17.7 Å². The molecule has 1 aromatic carbocycles. The zero-order valence-corrected chi connectivity index (χ0v) is 9.05. The van der Waals surface area contributed by atoms with E-state index in [-0.39, 0.29) is 5.91 Å². The summed E-state index contributed by atoms with van der Waals surface area (Å²) in [5.74, 6) is 0.642. The lowest BCUT2D eigenvalue weighted by Gasteiger charge is -2.10. The minimum atomic E-state index is -0.426. The first-order valence-corrected chi connectivity index (χ1v) is 5.15. The smallest absolute Gasteiger partial charge is 0.289 e. The van der Waals surface area contributed by atoms with Crippen LogP contribution in [0, 0.1) is 0 Å². The van der Waals surface area contributed by atoms with Crippen LogP contribution in [0.5, 0.6) is 5.75 Å². The lowest BCUT2D eigenvalue weighted by Crippen LogP contribution is -2.17. The van der Waals surface area contributed by atoms with Gasteiger partial charge in [0.05, 0.1) is 7.11 Å². The molecule has 1 aliphatic heterocycles. The normalized spacial score (nSPS) is 18.6. The van der Waals surface area contributed by atoms with Gasteiger partial charge in [-0.05, 0) is 24.5 Å². The summed E-state index contributed by atoms with van der Waals surface area (Å²) >= 11 is 0. The summed E-state index contributed by atoms with van der Waals surface area (Å²) in [5.41, 5.74) is 1.08. The Labute approximate surface area is 93.9 Å². The van der Waals surface area contributed by atoms with E-state index in [2.05, 4.69) is 4.99 Å². The second-order valence-corrected chi connectivity index (χ2v) is 3.55. The van der Waals surface area contributed by atoms with Crippen LogP contribution in [-0.2, 0) is 16.0 Å². The van der Waals surface area contributed by atoms with Gasteiger partial charge in [-0.25, -0.2) is 0 Å². The average molecular weight is 219 g/mol. The second-order valence-electron chi connectivity index (χ2n) is 3.55. The van der Waals surface area contributed by atoms with Crippen molar-refractivity contribution in [2.45, 2.75) is 18.9 Å². The van der Waals surface area contributed by atoms with E-state index in [9.17, 15) is 4.79 Å². The minimum Gasteiger partial charge on any atom is -0.496 e. The van der Waals surface area contributed by atoms with Crippen molar-refractivity contribution in [1.29, 1.82) is 0 Å². The number of aryl methyl sites for hydroxylation is 1. The van der Waals surface area contributed by atoms with E-state index in [1.165, 1.54) is 6.40 Å². The van der Waals surface area contributed by atoms with Crippen LogP contribution in [-0.4, -0.2) is 25.5 Å². The first-order valence-electron chi connectivity index (χ1n) is 5.15. The topological polar surface area (TPSA) is 47.9 Å². The number of aliphatic imine (C=N–C) groups is 1. The quantitative estimate of drug-likeness (QED) is 0.772. The van der Waals surface area contributed by atoms with Crippen LogP contribution in [0.3, 0.4) is 0 Å². The molecule has 2 rings (SSSR count). The Morgan fingerprint density at radius 3 is 2.94 bits per heavy atom. The second kappa shape index (κ2) is 4.79. The van der Waals surface area contributed by atoms with Gasteiger partial charge < -0.3 is 9.47 Å². The summed E-state index contributed by atoms with van der Waals surface area (Å²) < 4.78 is 10.3. The van der Waals surface area contributed by atoms with Crippen LogP contribution in [0.4, 0.5) is 0 Å². The molecule has 16 heavy (non-hydrogen) atoms. The minimum absolute atomic E-state index is 0.199. The van der Waals surface area contributed by atoms with Gasteiger partial charge in [0.15, 0.2) is 12.5 Å². The maximum absolute atomic E-state index is 11.2. The molecule has 1 aliphatic rings. The van der Waals surface area contributed by atoms with Crippen molar-refractivity contribution in [1.82, 2.24) is 0 Å². The zero-order chi connectivity index (χ0) is 11.4. The number of ether oxygens (including phenoxy) is 2. The molecule has 0 N–H and O–H groups in total. The van der Waals surface area contributed by atoms with Gasteiger partial charge in [0.25, 0.3) is 5.91 Å². The summed E-state index contributed by atoms with van der Waals surface area (Å²) in [5, 5.41) is 0. The summed E-state index contributed by atoms with van der Waals surface area (Å²) in [6.07, 6.45) is 2.16. The molecule has 0 saturated heterocycles. The molecule has 0 saturated carbocycles. The van der Waals surface area contributed by atoms with Gasteiger partial charge >= 0.3 is 0 Å². The Hall–Kier alpha value is -1.84. The molecule has 4 heteroatoms. The number of hydrogen-bond acceptors (Lipinski definition) is 3. The van der Waals surface area contributed by atoms with Gasteiger partial charge in [-0.1, -0.05) is 18.2 Å². The Balaban J connectivity index is 1.97. The fraction of sp³-hybridized carbons (Fsp3) is 0.333. The van der Waals surface area contributed by atoms with Gasteiger partial charge in [-0.2, -0.15) is 4.99 Å². The van der Waals surface area contributed by atoms with E-state index in [0.29, 0.717) is 6.42 Å². The predicted octanol–water partition coefficient (Wildman–Crippen LogP) is 1.58. The Morgan fingerprint density at radius 2 is 2.25 bits per heavy atom. The fourth-order valence-electron chi connectivity index (χ4n) is 1.68. The number of para-hydroxylation sites is 1. The van der Waals surface area contributed by atoms with Crippen molar-refractivity contribution < 1.29 is 14.3 Å². The van der Waals surface area contributed by atoms with E-state index >= 15 is 0 Å². The van der Waals surface area contributed by atoms with Crippen molar-refractivity contribution in [3.63, 3.8) is 0 Å². The Bertz CT molecular complexity index is 414. The molecule has 1 aromatic rings. The zero-order valence-electron chi connectivity index (χ0n) is 9.05. The number of methoxy groups -OCH3 is 1. The van der Waals surface area contributed by atoms with Crippen LogP contribution < -0.4 is 4.74 Å². The SMILES string of the molecule is COc1ccccc1CCC1OC=NC1=O. The highest BCUT2D eigenvalue weighted by Crippen LogP contribution is 2.20. The van der Waals surface area contributed by atoms with Crippen LogP contribution in [0.25, 0.3) is 0 Å². The van der Waals surface area contributed by atoms with Crippen LogP contribution in [0.15, 0.2) is 29.3 Å². The molecular formula is C12H13NO3. The lowest BCUT2D eigenvalue weighted by molar-refractivity contribution is -0.122. The molecular weight excluding hydrogens is 206 g/mol. The molecule has 0 aromatic heterocycles. The molecule has 4 nitrogen and oxygen atoms in total. The number of carbonyl (C=O) groups excluding carboxylic acids is 1. The third-order valence-electron chi connectivity index (χ3n) is 2.55. The summed E-state index contributed by atoms with van der Waals surface area (Å²) in [6.45, 7) is 0. The number of carbonyl (C=O) groups is 1. The van der Waals surface area contributed by atoms with Gasteiger partial charge in [0, 0.05) is 0 Å². The van der Waals surface area contributed by atoms with Crippen LogP contribution in [0.1, 0.15) is 12.0 Å². The molecule has 1 amide bonds. The number of nitrogens with zero attached hydrogens (tertiary/aromatic N) is 1. The van der Waals surface area contributed by atoms with Gasteiger partial charge in [0.2, 0.25) is 0 Å². The first-order chi connectivity index (χ1) is 7.81. The third-order valence-corrected chi connectivity index (χ3v) is 2.55. The van der Waals surface area contributed by atoms with Gasteiger partial charge in [0.1, 0.15) is 5.75 Å².